The molecule has 8 heteroatoms. The lowest BCUT2D eigenvalue weighted by molar-refractivity contribution is -0.122. The van der Waals surface area contributed by atoms with Crippen molar-refractivity contribution in [1.29, 1.82) is 0 Å². The largest absolute Gasteiger partial charge is 0.369 e. The third-order valence-corrected chi connectivity index (χ3v) is 3.98. The predicted octanol–water partition coefficient (Wildman–Crippen LogP) is 0.906. The number of hydrogen-bond donors (Lipinski definition) is 1. The quantitative estimate of drug-likeness (QED) is 0.907. The Kier molecular flexibility index (Phi) is 4.50. The van der Waals surface area contributed by atoms with Gasteiger partial charge >= 0.3 is 0 Å². The first kappa shape index (κ1) is 15.4. The molecule has 1 aromatic carbocycles. The number of benzene rings is 1. The summed E-state index contributed by atoms with van der Waals surface area (Å²) in [7, 11) is 0. The summed E-state index contributed by atoms with van der Waals surface area (Å²) >= 11 is 0. The number of nitrogens with one attached hydrogen (secondary N) is 1. The van der Waals surface area contributed by atoms with E-state index in [0.717, 1.165) is 30.6 Å². The predicted molar refractivity (Wildman–Crippen MR) is 82.3 cm³/mol. The second kappa shape index (κ2) is 6.72. The zero-order valence-corrected chi connectivity index (χ0v) is 12.9. The first-order chi connectivity index (χ1) is 11.1. The zero-order valence-electron chi connectivity index (χ0n) is 12.9. The number of rotatable bonds is 4. The van der Waals surface area contributed by atoms with Crippen molar-refractivity contribution in [2.75, 3.05) is 18.0 Å². The maximum absolute atomic E-state index is 13.2. The molecule has 1 aliphatic rings. The molecule has 0 bridgehead atoms. The zero-order chi connectivity index (χ0) is 16.2. The van der Waals surface area contributed by atoms with Crippen molar-refractivity contribution in [2.45, 2.75) is 32.4 Å². The van der Waals surface area contributed by atoms with Crippen LogP contribution in [0.1, 0.15) is 18.4 Å². The maximum atomic E-state index is 13.2. The van der Waals surface area contributed by atoms with Gasteiger partial charge in [-0.15, -0.1) is 5.10 Å². The van der Waals surface area contributed by atoms with Crippen LogP contribution < -0.4 is 10.2 Å². The molecule has 23 heavy (non-hydrogen) atoms. The molecule has 1 unspecified atom stereocenters. The fraction of sp³-hybridized carbons (Fsp3) is 0.467. The minimum atomic E-state index is -0.227. The number of halogens is 1. The molecule has 122 valence electrons. The summed E-state index contributed by atoms with van der Waals surface area (Å²) in [6, 6.07) is 4.88. The summed E-state index contributed by atoms with van der Waals surface area (Å²) in [6.45, 7) is 3.64. The average molecular weight is 318 g/mol. The molecule has 2 heterocycles. The van der Waals surface area contributed by atoms with Gasteiger partial charge in [-0.05, 0) is 54.0 Å². The molecule has 0 radical (unpaired) electrons. The van der Waals surface area contributed by atoms with E-state index in [-0.39, 0.29) is 24.3 Å². The minimum Gasteiger partial charge on any atom is -0.369 e. The van der Waals surface area contributed by atoms with Crippen molar-refractivity contribution >= 4 is 11.6 Å². The van der Waals surface area contributed by atoms with Crippen LogP contribution in [0.5, 0.6) is 0 Å². The van der Waals surface area contributed by atoms with Gasteiger partial charge in [0.1, 0.15) is 18.7 Å². The highest BCUT2D eigenvalue weighted by Crippen LogP contribution is 2.24. The first-order valence-corrected chi connectivity index (χ1v) is 7.63. The Hall–Kier alpha value is -2.51. The van der Waals surface area contributed by atoms with Gasteiger partial charge in [0.05, 0.1) is 0 Å². The molecule has 0 aliphatic carbocycles. The van der Waals surface area contributed by atoms with Crippen molar-refractivity contribution in [1.82, 2.24) is 25.5 Å². The topological polar surface area (TPSA) is 75.9 Å². The molecule has 1 aromatic heterocycles. The van der Waals surface area contributed by atoms with E-state index >= 15 is 0 Å². The van der Waals surface area contributed by atoms with Crippen molar-refractivity contribution in [3.63, 3.8) is 0 Å². The van der Waals surface area contributed by atoms with Gasteiger partial charge in [0.15, 0.2) is 0 Å². The number of tetrazole rings is 1. The van der Waals surface area contributed by atoms with Gasteiger partial charge in [-0.3, -0.25) is 4.79 Å². The van der Waals surface area contributed by atoms with Gasteiger partial charge in [-0.2, -0.15) is 0 Å². The van der Waals surface area contributed by atoms with Gasteiger partial charge in [0.25, 0.3) is 0 Å². The standard InChI is InChI=1S/C15H19FN6O/c1-11-7-12(16)4-5-14(11)21-6-2-3-13(8-21)18-15(23)9-22-10-17-19-20-22/h4-5,7,10,13H,2-3,6,8-9H2,1H3,(H,18,23). The molecule has 2 aromatic rings. The molecule has 1 saturated heterocycles. The lowest BCUT2D eigenvalue weighted by atomic mass is 10.0. The molecule has 3 rings (SSSR count). The normalized spacial score (nSPS) is 18.0. The van der Waals surface area contributed by atoms with Crippen molar-refractivity contribution in [3.05, 3.63) is 35.9 Å². The summed E-state index contributed by atoms with van der Waals surface area (Å²) in [5.41, 5.74) is 1.93. The summed E-state index contributed by atoms with van der Waals surface area (Å²) in [5, 5.41) is 13.7. The molecule has 1 atom stereocenters. The van der Waals surface area contributed by atoms with Gasteiger partial charge in [0, 0.05) is 24.8 Å². The number of carbonyl (C=O) groups is 1. The lowest BCUT2D eigenvalue weighted by Crippen LogP contribution is -2.48. The highest BCUT2D eigenvalue weighted by Gasteiger charge is 2.22. The Balaban J connectivity index is 1.60. The first-order valence-electron chi connectivity index (χ1n) is 7.63. The highest BCUT2D eigenvalue weighted by molar-refractivity contribution is 5.76. The van der Waals surface area contributed by atoms with E-state index in [1.807, 2.05) is 6.92 Å². The molecule has 7 nitrogen and oxygen atoms in total. The van der Waals surface area contributed by atoms with Crippen LogP contribution in [-0.4, -0.2) is 45.2 Å². The number of hydrogen-bond acceptors (Lipinski definition) is 5. The second-order valence-electron chi connectivity index (χ2n) is 5.79. The number of aromatic nitrogens is 4. The SMILES string of the molecule is Cc1cc(F)ccc1N1CCCC(NC(=O)Cn2cnnn2)C1. The van der Waals surface area contributed by atoms with Crippen LogP contribution in [0.3, 0.4) is 0 Å². The van der Waals surface area contributed by atoms with Crippen molar-refractivity contribution < 1.29 is 9.18 Å². The molecule has 0 spiro atoms. The van der Waals surface area contributed by atoms with E-state index in [1.165, 1.54) is 23.1 Å². The molecular formula is C15H19FN6O. The summed E-state index contributed by atoms with van der Waals surface area (Å²) in [4.78, 5) is 14.2. The number of piperidine rings is 1. The van der Waals surface area contributed by atoms with Gasteiger partial charge < -0.3 is 10.2 Å². The van der Waals surface area contributed by atoms with Crippen LogP contribution in [-0.2, 0) is 11.3 Å². The maximum Gasteiger partial charge on any atom is 0.242 e. The smallest absolute Gasteiger partial charge is 0.242 e. The number of aryl methyl sites for hydroxylation is 1. The van der Waals surface area contributed by atoms with Crippen molar-refractivity contribution in [3.8, 4) is 0 Å². The molecule has 1 fully saturated rings. The minimum absolute atomic E-state index is 0.0668. The fourth-order valence-corrected chi connectivity index (χ4v) is 2.96. The lowest BCUT2D eigenvalue weighted by Gasteiger charge is -2.35. The third kappa shape index (κ3) is 3.82. The third-order valence-electron chi connectivity index (χ3n) is 3.98. The molecule has 1 amide bonds. The Morgan fingerprint density at radius 1 is 1.48 bits per heavy atom. The Bertz CT molecular complexity index is 675. The Labute approximate surface area is 133 Å². The van der Waals surface area contributed by atoms with Crippen LogP contribution in [0.4, 0.5) is 10.1 Å². The fourth-order valence-electron chi connectivity index (χ4n) is 2.96. The summed E-state index contributed by atoms with van der Waals surface area (Å²) in [6.07, 6.45) is 3.32. The monoisotopic (exact) mass is 318 g/mol. The van der Waals surface area contributed by atoms with Gasteiger partial charge in [0.2, 0.25) is 5.91 Å². The van der Waals surface area contributed by atoms with Crippen LogP contribution >= 0.6 is 0 Å². The number of nitrogens with zero attached hydrogens (tertiary/aromatic N) is 5. The van der Waals surface area contributed by atoms with Gasteiger partial charge in [-0.1, -0.05) is 0 Å². The average Bonchev–Trinajstić information content (AvgIpc) is 3.00. The summed E-state index contributed by atoms with van der Waals surface area (Å²) < 4.78 is 14.6. The van der Waals surface area contributed by atoms with E-state index in [0.29, 0.717) is 6.54 Å². The van der Waals surface area contributed by atoms with Crippen LogP contribution in [0.25, 0.3) is 0 Å². The molecule has 0 saturated carbocycles. The highest BCUT2D eigenvalue weighted by atomic mass is 19.1. The van der Waals surface area contributed by atoms with Crippen LogP contribution in [0.2, 0.25) is 0 Å². The number of carbonyl (C=O) groups excluding carboxylic acids is 1. The number of amides is 1. The van der Waals surface area contributed by atoms with E-state index < -0.39 is 0 Å². The Morgan fingerprint density at radius 3 is 3.09 bits per heavy atom. The van der Waals surface area contributed by atoms with E-state index in [4.69, 9.17) is 0 Å². The van der Waals surface area contributed by atoms with E-state index in [9.17, 15) is 9.18 Å². The molecule has 1 N–H and O–H groups in total. The van der Waals surface area contributed by atoms with Crippen LogP contribution in [0, 0.1) is 12.7 Å². The van der Waals surface area contributed by atoms with E-state index in [1.54, 1.807) is 6.07 Å². The molecule has 1 aliphatic heterocycles. The van der Waals surface area contributed by atoms with Crippen LogP contribution in [0.15, 0.2) is 24.5 Å². The van der Waals surface area contributed by atoms with Gasteiger partial charge in [-0.25, -0.2) is 9.07 Å². The Morgan fingerprint density at radius 2 is 2.35 bits per heavy atom. The van der Waals surface area contributed by atoms with E-state index in [2.05, 4.69) is 25.7 Å². The summed E-state index contributed by atoms with van der Waals surface area (Å²) in [5.74, 6) is -0.338. The second-order valence-corrected chi connectivity index (χ2v) is 5.79. The van der Waals surface area contributed by atoms with Crippen molar-refractivity contribution in [2.24, 2.45) is 0 Å². The number of anilines is 1. The molecular weight excluding hydrogens is 299 g/mol.